The van der Waals surface area contributed by atoms with Gasteiger partial charge in [0.2, 0.25) is 5.91 Å². The van der Waals surface area contributed by atoms with Crippen LogP contribution >= 0.6 is 0 Å². The third-order valence-corrected chi connectivity index (χ3v) is 4.61. The fourth-order valence-electron chi connectivity index (χ4n) is 3.13. The molecular weight excluding hydrogens is 340 g/mol. The number of nitrogens with one attached hydrogen (secondary N) is 1. The molecule has 140 valence electrons. The van der Waals surface area contributed by atoms with Gasteiger partial charge in [-0.15, -0.1) is 0 Å². The predicted molar refractivity (Wildman–Crippen MR) is 107 cm³/mol. The first kappa shape index (κ1) is 18.7. The highest BCUT2D eigenvalue weighted by Gasteiger charge is 2.14. The number of carbonyl (C=O) groups excluding carboxylic acids is 2. The van der Waals surface area contributed by atoms with E-state index in [4.69, 9.17) is 4.42 Å². The number of benzene rings is 2. The summed E-state index contributed by atoms with van der Waals surface area (Å²) in [7, 11) is 0. The fraction of sp³-hybridized carbons (Fsp3) is 0.273. The summed E-state index contributed by atoms with van der Waals surface area (Å²) in [6.07, 6.45) is 1.84. The first-order valence-corrected chi connectivity index (χ1v) is 9.17. The van der Waals surface area contributed by atoms with Crippen molar-refractivity contribution < 1.29 is 14.0 Å². The molecule has 27 heavy (non-hydrogen) atoms. The Morgan fingerprint density at radius 3 is 2.59 bits per heavy atom. The lowest BCUT2D eigenvalue weighted by molar-refractivity contribution is -0.115. The van der Waals surface area contributed by atoms with E-state index in [2.05, 4.69) is 5.32 Å². The zero-order valence-electron chi connectivity index (χ0n) is 15.9. The van der Waals surface area contributed by atoms with Crippen LogP contribution in [0.25, 0.3) is 11.0 Å². The molecule has 5 heteroatoms. The lowest BCUT2D eigenvalue weighted by atomic mass is 10.1. The van der Waals surface area contributed by atoms with Gasteiger partial charge >= 0.3 is 0 Å². The Morgan fingerprint density at radius 2 is 1.85 bits per heavy atom. The number of furan rings is 1. The summed E-state index contributed by atoms with van der Waals surface area (Å²) < 4.78 is 5.55. The van der Waals surface area contributed by atoms with E-state index >= 15 is 0 Å². The highest BCUT2D eigenvalue weighted by molar-refractivity contribution is 5.98. The highest BCUT2D eigenvalue weighted by Crippen LogP contribution is 2.23. The van der Waals surface area contributed by atoms with Gasteiger partial charge in [0.05, 0.1) is 12.7 Å². The van der Waals surface area contributed by atoms with Gasteiger partial charge in [-0.05, 0) is 50.6 Å². The molecule has 3 rings (SSSR count). The Balaban J connectivity index is 1.72. The van der Waals surface area contributed by atoms with Crippen molar-refractivity contribution in [3.63, 3.8) is 0 Å². The summed E-state index contributed by atoms with van der Waals surface area (Å²) in [4.78, 5) is 26.7. The van der Waals surface area contributed by atoms with E-state index in [0.717, 1.165) is 22.1 Å². The van der Waals surface area contributed by atoms with Crippen molar-refractivity contribution in [3.05, 3.63) is 65.4 Å². The summed E-state index contributed by atoms with van der Waals surface area (Å²) in [6.45, 7) is 7.20. The zero-order valence-corrected chi connectivity index (χ0v) is 15.9. The Bertz CT molecular complexity index is 971. The average molecular weight is 364 g/mol. The van der Waals surface area contributed by atoms with Crippen molar-refractivity contribution in [1.29, 1.82) is 0 Å². The molecule has 0 aliphatic heterocycles. The highest BCUT2D eigenvalue weighted by atomic mass is 16.3. The number of fused-ring (bicyclic) bond motifs is 1. The van der Waals surface area contributed by atoms with E-state index in [1.54, 1.807) is 35.4 Å². The van der Waals surface area contributed by atoms with Crippen LogP contribution in [0.3, 0.4) is 0 Å². The van der Waals surface area contributed by atoms with Crippen molar-refractivity contribution in [2.45, 2.75) is 27.2 Å². The van der Waals surface area contributed by atoms with Crippen molar-refractivity contribution in [2.75, 3.05) is 18.4 Å². The molecule has 0 saturated carbocycles. The summed E-state index contributed by atoms with van der Waals surface area (Å²) in [5.41, 5.74) is 3.92. The van der Waals surface area contributed by atoms with E-state index in [9.17, 15) is 9.59 Å². The Morgan fingerprint density at radius 1 is 1.07 bits per heavy atom. The summed E-state index contributed by atoms with van der Waals surface area (Å²) in [6, 6.07) is 13.0. The van der Waals surface area contributed by atoms with Gasteiger partial charge in [-0.1, -0.05) is 18.2 Å². The maximum absolute atomic E-state index is 12.5. The molecule has 0 saturated heterocycles. The SMILES string of the molecule is CCN(CC)C(=O)c1cccc(NC(=O)Cc2coc3cc(C)ccc23)c1. The smallest absolute Gasteiger partial charge is 0.253 e. The molecule has 0 fully saturated rings. The van der Waals surface area contributed by atoms with Crippen LogP contribution < -0.4 is 5.32 Å². The second-order valence-corrected chi connectivity index (χ2v) is 6.54. The standard InChI is InChI=1S/C22H24N2O3/c1-4-24(5-2)22(26)16-7-6-8-18(12-16)23-21(25)13-17-14-27-20-11-15(3)9-10-19(17)20/h6-12,14H,4-5,13H2,1-3H3,(H,23,25). The molecule has 1 heterocycles. The van der Waals surface area contributed by atoms with E-state index in [1.807, 2.05) is 39.0 Å². The molecule has 5 nitrogen and oxygen atoms in total. The Hall–Kier alpha value is -3.08. The van der Waals surface area contributed by atoms with Crippen molar-refractivity contribution in [2.24, 2.45) is 0 Å². The second kappa shape index (κ2) is 8.08. The summed E-state index contributed by atoms with van der Waals surface area (Å²) >= 11 is 0. The number of hydrogen-bond donors (Lipinski definition) is 1. The van der Waals surface area contributed by atoms with Crippen LogP contribution in [0.1, 0.15) is 35.3 Å². The maximum atomic E-state index is 12.5. The minimum atomic E-state index is -0.147. The van der Waals surface area contributed by atoms with Crippen LogP contribution in [0.15, 0.2) is 53.1 Å². The summed E-state index contributed by atoms with van der Waals surface area (Å²) in [5.74, 6) is -0.182. The molecule has 0 aliphatic rings. The Labute approximate surface area is 159 Å². The topological polar surface area (TPSA) is 62.6 Å². The third kappa shape index (κ3) is 4.19. The van der Waals surface area contributed by atoms with Gasteiger partial charge in [0.1, 0.15) is 5.58 Å². The van der Waals surface area contributed by atoms with Crippen LogP contribution in [-0.4, -0.2) is 29.8 Å². The van der Waals surface area contributed by atoms with Gasteiger partial charge in [-0.25, -0.2) is 0 Å². The predicted octanol–water partition coefficient (Wildman–Crippen LogP) is 4.40. The van der Waals surface area contributed by atoms with Crippen molar-refractivity contribution in [1.82, 2.24) is 4.90 Å². The maximum Gasteiger partial charge on any atom is 0.253 e. The van der Waals surface area contributed by atoms with Crippen molar-refractivity contribution in [3.8, 4) is 0 Å². The van der Waals surface area contributed by atoms with Crippen molar-refractivity contribution >= 4 is 28.5 Å². The van der Waals surface area contributed by atoms with E-state index < -0.39 is 0 Å². The number of aryl methyl sites for hydroxylation is 1. The molecule has 0 radical (unpaired) electrons. The molecule has 0 aliphatic carbocycles. The lowest BCUT2D eigenvalue weighted by Gasteiger charge is -2.19. The van der Waals surface area contributed by atoms with E-state index in [1.165, 1.54) is 0 Å². The van der Waals surface area contributed by atoms with Gasteiger partial charge in [-0.2, -0.15) is 0 Å². The van der Waals surface area contributed by atoms with Crippen LogP contribution in [0, 0.1) is 6.92 Å². The molecule has 2 amide bonds. The van der Waals surface area contributed by atoms with Gasteiger partial charge in [0, 0.05) is 35.3 Å². The normalized spacial score (nSPS) is 10.8. The molecular formula is C22H24N2O3. The van der Waals surface area contributed by atoms with Crippen LogP contribution in [0.5, 0.6) is 0 Å². The first-order chi connectivity index (χ1) is 13.0. The number of anilines is 1. The number of hydrogen-bond acceptors (Lipinski definition) is 3. The molecule has 0 spiro atoms. The molecule has 0 atom stereocenters. The van der Waals surface area contributed by atoms with E-state index in [0.29, 0.717) is 24.3 Å². The third-order valence-electron chi connectivity index (χ3n) is 4.61. The first-order valence-electron chi connectivity index (χ1n) is 9.17. The zero-order chi connectivity index (χ0) is 19.4. The molecule has 0 unspecified atom stereocenters. The van der Waals surface area contributed by atoms with Crippen LogP contribution in [0.2, 0.25) is 0 Å². The molecule has 3 aromatic rings. The number of carbonyl (C=O) groups is 2. The largest absolute Gasteiger partial charge is 0.464 e. The monoisotopic (exact) mass is 364 g/mol. The van der Waals surface area contributed by atoms with Gasteiger partial charge < -0.3 is 14.6 Å². The average Bonchev–Trinajstić information content (AvgIpc) is 3.04. The molecule has 1 aromatic heterocycles. The van der Waals surface area contributed by atoms with Gasteiger partial charge in [0.25, 0.3) is 5.91 Å². The minimum absolute atomic E-state index is 0.0349. The molecule has 2 aromatic carbocycles. The van der Waals surface area contributed by atoms with Gasteiger partial charge in [0.15, 0.2) is 0 Å². The number of amides is 2. The van der Waals surface area contributed by atoms with E-state index in [-0.39, 0.29) is 18.2 Å². The molecule has 1 N–H and O–H groups in total. The number of rotatable bonds is 6. The van der Waals surface area contributed by atoms with Crippen LogP contribution in [0.4, 0.5) is 5.69 Å². The Kier molecular flexibility index (Phi) is 5.60. The number of nitrogens with zero attached hydrogens (tertiary/aromatic N) is 1. The minimum Gasteiger partial charge on any atom is -0.464 e. The summed E-state index contributed by atoms with van der Waals surface area (Å²) in [5, 5.41) is 3.82. The van der Waals surface area contributed by atoms with Crippen LogP contribution in [-0.2, 0) is 11.2 Å². The quantitative estimate of drug-likeness (QED) is 0.705. The molecule has 0 bridgehead atoms. The lowest BCUT2D eigenvalue weighted by Crippen LogP contribution is -2.30. The fourth-order valence-corrected chi connectivity index (χ4v) is 3.13. The van der Waals surface area contributed by atoms with Gasteiger partial charge in [-0.3, -0.25) is 9.59 Å². The second-order valence-electron chi connectivity index (χ2n) is 6.54.